The van der Waals surface area contributed by atoms with E-state index in [-0.39, 0.29) is 4.90 Å². The number of nitrogen functional groups attached to an aromatic ring is 1. The molecule has 1 aliphatic rings. The summed E-state index contributed by atoms with van der Waals surface area (Å²) in [5.41, 5.74) is 6.48. The van der Waals surface area contributed by atoms with Crippen LogP contribution in [0.25, 0.3) is 0 Å². The second-order valence-corrected chi connectivity index (χ2v) is 7.33. The minimum absolute atomic E-state index is 0.130. The van der Waals surface area contributed by atoms with Crippen molar-refractivity contribution in [3.05, 3.63) is 18.2 Å². The molecule has 18 heavy (non-hydrogen) atoms. The van der Waals surface area contributed by atoms with Crippen LogP contribution in [0.5, 0.6) is 0 Å². The topological polar surface area (TPSA) is 86.2 Å². The van der Waals surface area contributed by atoms with Crippen LogP contribution in [0.1, 0.15) is 25.7 Å². The van der Waals surface area contributed by atoms with Gasteiger partial charge in [0.2, 0.25) is 10.0 Å². The Hall–Kier alpha value is -0.720. The molecule has 100 valence electrons. The summed E-state index contributed by atoms with van der Waals surface area (Å²) >= 11 is 1.63. The SMILES string of the molecule is Nc1ccc(S(N)(=O)=O)cc1SCC1CCCC1. The molecule has 0 spiro atoms. The molecule has 0 aliphatic heterocycles. The molecule has 1 aliphatic carbocycles. The highest BCUT2D eigenvalue weighted by molar-refractivity contribution is 7.99. The summed E-state index contributed by atoms with van der Waals surface area (Å²) < 4.78 is 22.6. The van der Waals surface area contributed by atoms with Crippen LogP contribution in [0.3, 0.4) is 0 Å². The summed E-state index contributed by atoms with van der Waals surface area (Å²) in [5, 5.41) is 5.12. The predicted molar refractivity (Wildman–Crippen MR) is 74.9 cm³/mol. The number of primary sulfonamides is 1. The minimum atomic E-state index is -3.65. The van der Waals surface area contributed by atoms with Gasteiger partial charge in [0, 0.05) is 16.3 Å². The smallest absolute Gasteiger partial charge is 0.238 e. The number of sulfonamides is 1. The molecule has 1 aromatic rings. The van der Waals surface area contributed by atoms with Crippen LogP contribution < -0.4 is 10.9 Å². The van der Waals surface area contributed by atoms with Gasteiger partial charge < -0.3 is 5.73 Å². The zero-order valence-electron chi connectivity index (χ0n) is 10.1. The third kappa shape index (κ3) is 3.40. The van der Waals surface area contributed by atoms with Crippen molar-refractivity contribution in [1.82, 2.24) is 0 Å². The Bertz CT molecular complexity index is 523. The maximum absolute atomic E-state index is 11.3. The van der Waals surface area contributed by atoms with Gasteiger partial charge in [-0.15, -0.1) is 11.8 Å². The molecule has 0 aromatic heterocycles. The van der Waals surface area contributed by atoms with Crippen LogP contribution in [0, 0.1) is 5.92 Å². The molecular formula is C12H18N2O2S2. The maximum atomic E-state index is 11.3. The molecule has 0 bridgehead atoms. The van der Waals surface area contributed by atoms with Gasteiger partial charge in [0.15, 0.2) is 0 Å². The monoisotopic (exact) mass is 286 g/mol. The number of anilines is 1. The average Bonchev–Trinajstić information content (AvgIpc) is 2.79. The van der Waals surface area contributed by atoms with Crippen LogP contribution in [0.15, 0.2) is 28.0 Å². The van der Waals surface area contributed by atoms with Gasteiger partial charge in [0.25, 0.3) is 0 Å². The zero-order valence-corrected chi connectivity index (χ0v) is 11.8. The van der Waals surface area contributed by atoms with E-state index in [9.17, 15) is 8.42 Å². The van der Waals surface area contributed by atoms with Crippen LogP contribution in [0.2, 0.25) is 0 Å². The summed E-state index contributed by atoms with van der Waals surface area (Å²) in [7, 11) is -3.65. The third-order valence-corrected chi connectivity index (χ3v) is 5.48. The number of rotatable bonds is 4. The van der Waals surface area contributed by atoms with E-state index in [0.29, 0.717) is 5.69 Å². The zero-order chi connectivity index (χ0) is 13.2. The summed E-state index contributed by atoms with van der Waals surface area (Å²) in [4.78, 5) is 0.944. The van der Waals surface area contributed by atoms with Gasteiger partial charge in [-0.05, 0) is 37.0 Å². The second-order valence-electron chi connectivity index (χ2n) is 4.71. The highest BCUT2D eigenvalue weighted by atomic mass is 32.2. The predicted octanol–water partition coefficient (Wildman–Crippen LogP) is 2.20. The number of benzene rings is 1. The van der Waals surface area contributed by atoms with Crippen molar-refractivity contribution in [3.8, 4) is 0 Å². The molecule has 0 atom stereocenters. The van der Waals surface area contributed by atoms with Crippen molar-refractivity contribution >= 4 is 27.5 Å². The first-order chi connectivity index (χ1) is 8.47. The summed E-state index contributed by atoms with van der Waals surface area (Å²) in [6.07, 6.45) is 5.14. The lowest BCUT2D eigenvalue weighted by molar-refractivity contribution is 0.597. The Balaban J connectivity index is 2.11. The van der Waals surface area contributed by atoms with Crippen molar-refractivity contribution < 1.29 is 8.42 Å². The highest BCUT2D eigenvalue weighted by Crippen LogP contribution is 2.34. The number of hydrogen-bond acceptors (Lipinski definition) is 4. The Labute approximate surface area is 112 Å². The lowest BCUT2D eigenvalue weighted by Gasteiger charge is -2.11. The van der Waals surface area contributed by atoms with E-state index in [0.717, 1.165) is 16.6 Å². The molecular weight excluding hydrogens is 268 g/mol. The van der Waals surface area contributed by atoms with E-state index in [1.165, 1.54) is 31.7 Å². The van der Waals surface area contributed by atoms with Crippen LogP contribution in [0.4, 0.5) is 5.69 Å². The van der Waals surface area contributed by atoms with Gasteiger partial charge >= 0.3 is 0 Å². The largest absolute Gasteiger partial charge is 0.398 e. The molecule has 0 unspecified atom stereocenters. The Morgan fingerprint density at radius 2 is 1.94 bits per heavy atom. The highest BCUT2D eigenvalue weighted by Gasteiger charge is 2.16. The van der Waals surface area contributed by atoms with Crippen molar-refractivity contribution in [2.75, 3.05) is 11.5 Å². The lowest BCUT2D eigenvalue weighted by Crippen LogP contribution is -2.12. The first-order valence-corrected chi connectivity index (χ1v) is 8.55. The summed E-state index contributed by atoms with van der Waals surface area (Å²) in [5.74, 6) is 1.73. The van der Waals surface area contributed by atoms with Crippen molar-refractivity contribution in [1.29, 1.82) is 0 Å². The minimum Gasteiger partial charge on any atom is -0.398 e. The summed E-state index contributed by atoms with van der Waals surface area (Å²) in [6.45, 7) is 0. The Morgan fingerprint density at radius 3 is 2.56 bits per heavy atom. The lowest BCUT2D eigenvalue weighted by atomic mass is 10.1. The van der Waals surface area contributed by atoms with Crippen LogP contribution in [-0.2, 0) is 10.0 Å². The molecule has 6 heteroatoms. The average molecular weight is 286 g/mol. The molecule has 0 amide bonds. The van der Waals surface area contributed by atoms with Crippen LogP contribution >= 0.6 is 11.8 Å². The normalized spacial score (nSPS) is 17.2. The van der Waals surface area contributed by atoms with Gasteiger partial charge in [-0.25, -0.2) is 13.6 Å². The van der Waals surface area contributed by atoms with Gasteiger partial charge in [0.05, 0.1) is 4.90 Å². The third-order valence-electron chi connectivity index (χ3n) is 3.26. The fourth-order valence-corrected chi connectivity index (χ4v) is 4.01. The molecule has 1 saturated carbocycles. The molecule has 1 fully saturated rings. The molecule has 0 radical (unpaired) electrons. The van der Waals surface area contributed by atoms with E-state index in [1.54, 1.807) is 23.9 Å². The molecule has 0 saturated heterocycles. The van der Waals surface area contributed by atoms with E-state index in [4.69, 9.17) is 10.9 Å². The fraction of sp³-hybridized carbons (Fsp3) is 0.500. The molecule has 0 heterocycles. The van der Waals surface area contributed by atoms with Gasteiger partial charge in [-0.2, -0.15) is 0 Å². The Morgan fingerprint density at radius 1 is 1.28 bits per heavy atom. The van der Waals surface area contributed by atoms with Crippen molar-refractivity contribution in [2.24, 2.45) is 11.1 Å². The van der Waals surface area contributed by atoms with Gasteiger partial charge in [-0.1, -0.05) is 12.8 Å². The summed E-state index contributed by atoms with van der Waals surface area (Å²) in [6, 6.07) is 4.63. The fourth-order valence-electron chi connectivity index (χ4n) is 2.20. The van der Waals surface area contributed by atoms with Crippen molar-refractivity contribution in [3.63, 3.8) is 0 Å². The first kappa shape index (κ1) is 13.7. The second kappa shape index (κ2) is 5.50. The maximum Gasteiger partial charge on any atom is 0.238 e. The standard InChI is InChI=1S/C12H18N2O2S2/c13-11-6-5-10(18(14,15)16)7-12(11)17-8-9-3-1-2-4-9/h5-7,9H,1-4,8,13H2,(H2,14,15,16). The Kier molecular flexibility index (Phi) is 4.19. The van der Waals surface area contributed by atoms with E-state index in [2.05, 4.69) is 0 Å². The van der Waals surface area contributed by atoms with E-state index < -0.39 is 10.0 Å². The van der Waals surface area contributed by atoms with E-state index >= 15 is 0 Å². The van der Waals surface area contributed by atoms with Crippen LogP contribution in [-0.4, -0.2) is 14.2 Å². The molecule has 4 nitrogen and oxygen atoms in total. The first-order valence-electron chi connectivity index (χ1n) is 6.02. The number of nitrogens with two attached hydrogens (primary N) is 2. The quantitative estimate of drug-likeness (QED) is 0.656. The number of hydrogen-bond donors (Lipinski definition) is 2. The molecule has 1 aromatic carbocycles. The molecule has 2 rings (SSSR count). The van der Waals surface area contributed by atoms with Crippen molar-refractivity contribution in [2.45, 2.75) is 35.5 Å². The number of thioether (sulfide) groups is 1. The molecule has 4 N–H and O–H groups in total. The van der Waals surface area contributed by atoms with Gasteiger partial charge in [-0.3, -0.25) is 0 Å². The van der Waals surface area contributed by atoms with Gasteiger partial charge in [0.1, 0.15) is 0 Å². The van der Waals surface area contributed by atoms with E-state index in [1.807, 2.05) is 0 Å².